The summed E-state index contributed by atoms with van der Waals surface area (Å²) >= 11 is 0. The van der Waals surface area contributed by atoms with E-state index in [0.29, 0.717) is 24.7 Å². The zero-order valence-electron chi connectivity index (χ0n) is 9.36. The summed E-state index contributed by atoms with van der Waals surface area (Å²) in [4.78, 5) is 14.0. The van der Waals surface area contributed by atoms with Crippen molar-refractivity contribution in [1.82, 2.24) is 0 Å². The summed E-state index contributed by atoms with van der Waals surface area (Å²) in [6, 6.07) is 8.57. The van der Waals surface area contributed by atoms with Gasteiger partial charge in [-0.05, 0) is 18.1 Å². The minimum Gasteiger partial charge on any atom is -0.371 e. The van der Waals surface area contributed by atoms with Gasteiger partial charge in [-0.3, -0.25) is 4.79 Å². The van der Waals surface area contributed by atoms with E-state index >= 15 is 0 Å². The van der Waals surface area contributed by atoms with Crippen molar-refractivity contribution in [1.29, 1.82) is 0 Å². The van der Waals surface area contributed by atoms with E-state index in [-0.39, 0.29) is 0 Å². The van der Waals surface area contributed by atoms with Crippen molar-refractivity contribution in [3.63, 3.8) is 0 Å². The molecule has 15 heavy (non-hydrogen) atoms. The predicted octanol–water partition coefficient (Wildman–Crippen LogP) is 2.42. The molecule has 1 aliphatic heterocycles. The molecule has 2 nitrogen and oxygen atoms in total. The number of rotatable bonds is 1. The molecule has 1 aromatic carbocycles. The largest absolute Gasteiger partial charge is 0.371 e. The van der Waals surface area contributed by atoms with Crippen molar-refractivity contribution in [3.8, 4) is 0 Å². The van der Waals surface area contributed by atoms with Crippen molar-refractivity contribution in [3.05, 3.63) is 29.8 Å². The monoisotopic (exact) mass is 203 g/mol. The minimum atomic E-state index is 0.360. The Bertz CT molecular complexity index is 373. The molecule has 1 atom stereocenters. The fraction of sp³-hybridized carbons (Fsp3) is 0.462. The first-order valence-electron chi connectivity index (χ1n) is 5.54. The number of fused-ring (bicyclic) bond motifs is 1. The van der Waals surface area contributed by atoms with Crippen LogP contribution in [0, 0.1) is 0 Å². The number of nitrogens with zero attached hydrogens (tertiary/aromatic N) is 1. The Kier molecular flexibility index (Phi) is 2.76. The van der Waals surface area contributed by atoms with Crippen LogP contribution in [-0.4, -0.2) is 18.9 Å². The van der Waals surface area contributed by atoms with Crippen LogP contribution in [0.4, 0.5) is 5.69 Å². The van der Waals surface area contributed by atoms with Crippen LogP contribution in [-0.2, 0) is 11.2 Å². The lowest BCUT2D eigenvalue weighted by Gasteiger charge is -2.27. The lowest BCUT2D eigenvalue weighted by Crippen LogP contribution is -2.31. The number of carbonyl (C=O) groups excluding carboxylic acids is 1. The van der Waals surface area contributed by atoms with Gasteiger partial charge in [0.05, 0.1) is 0 Å². The van der Waals surface area contributed by atoms with E-state index in [0.717, 1.165) is 6.42 Å². The number of benzene rings is 1. The Morgan fingerprint density at radius 1 is 1.40 bits per heavy atom. The van der Waals surface area contributed by atoms with Crippen molar-refractivity contribution < 1.29 is 4.79 Å². The fourth-order valence-electron chi connectivity index (χ4n) is 2.30. The van der Waals surface area contributed by atoms with Crippen LogP contribution in [0.5, 0.6) is 0 Å². The van der Waals surface area contributed by atoms with Crippen LogP contribution in [0.15, 0.2) is 24.3 Å². The molecule has 80 valence electrons. The number of ketones is 1. The maximum Gasteiger partial charge on any atom is 0.139 e. The van der Waals surface area contributed by atoms with Gasteiger partial charge in [-0.15, -0.1) is 0 Å². The Balaban J connectivity index is 2.42. The molecule has 0 fully saturated rings. The molecule has 2 rings (SSSR count). The maximum atomic E-state index is 11.7. The van der Waals surface area contributed by atoms with Gasteiger partial charge in [-0.2, -0.15) is 0 Å². The van der Waals surface area contributed by atoms with Crippen LogP contribution < -0.4 is 4.90 Å². The van der Waals surface area contributed by atoms with Crippen molar-refractivity contribution in [2.24, 2.45) is 0 Å². The summed E-state index contributed by atoms with van der Waals surface area (Å²) in [5.74, 6) is 0.360. The average molecular weight is 203 g/mol. The van der Waals surface area contributed by atoms with E-state index in [2.05, 4.69) is 31.0 Å². The molecule has 0 N–H and O–H groups in total. The molecule has 0 spiro atoms. The summed E-state index contributed by atoms with van der Waals surface area (Å²) in [5.41, 5.74) is 2.39. The smallest absolute Gasteiger partial charge is 0.139 e. The standard InChI is InChI=1S/C13H17NO/c1-3-11-9-12(15)8-10-6-4-5-7-13(10)14(11)2/h4-7,11H,3,8-9H2,1-2H3. The van der Waals surface area contributed by atoms with Crippen LogP contribution in [0.25, 0.3) is 0 Å². The maximum absolute atomic E-state index is 11.7. The van der Waals surface area contributed by atoms with Crippen molar-refractivity contribution in [2.75, 3.05) is 11.9 Å². The Labute approximate surface area is 90.9 Å². The second-order valence-electron chi connectivity index (χ2n) is 4.22. The highest BCUT2D eigenvalue weighted by atomic mass is 16.1. The van der Waals surface area contributed by atoms with Gasteiger partial charge in [0.2, 0.25) is 0 Å². The van der Waals surface area contributed by atoms with Gasteiger partial charge in [-0.25, -0.2) is 0 Å². The number of para-hydroxylation sites is 1. The van der Waals surface area contributed by atoms with E-state index in [1.165, 1.54) is 11.3 Å². The number of Topliss-reactive ketones (excluding diaryl/α,β-unsaturated/α-hetero) is 1. The summed E-state index contributed by atoms with van der Waals surface area (Å²) in [5, 5.41) is 0. The average Bonchev–Trinajstić information content (AvgIpc) is 2.36. The van der Waals surface area contributed by atoms with E-state index in [9.17, 15) is 4.79 Å². The highest BCUT2D eigenvalue weighted by molar-refractivity contribution is 5.85. The molecule has 1 unspecified atom stereocenters. The molecular weight excluding hydrogens is 186 g/mol. The van der Waals surface area contributed by atoms with Crippen molar-refractivity contribution in [2.45, 2.75) is 32.2 Å². The SMILES string of the molecule is CCC1CC(=O)Cc2ccccc2N1C. The molecule has 0 saturated carbocycles. The second kappa shape index (κ2) is 4.05. The molecule has 1 heterocycles. The quantitative estimate of drug-likeness (QED) is 0.698. The van der Waals surface area contributed by atoms with Gasteiger partial charge >= 0.3 is 0 Å². The molecule has 1 aliphatic rings. The third-order valence-corrected chi connectivity index (χ3v) is 3.24. The Morgan fingerprint density at radius 2 is 2.13 bits per heavy atom. The molecule has 0 bridgehead atoms. The van der Waals surface area contributed by atoms with Crippen molar-refractivity contribution >= 4 is 11.5 Å². The first-order chi connectivity index (χ1) is 7.22. The summed E-state index contributed by atoms with van der Waals surface area (Å²) in [6.07, 6.45) is 2.30. The Hall–Kier alpha value is -1.31. The van der Waals surface area contributed by atoms with E-state index in [1.807, 2.05) is 12.1 Å². The first-order valence-corrected chi connectivity index (χ1v) is 5.54. The third-order valence-electron chi connectivity index (χ3n) is 3.24. The Morgan fingerprint density at radius 3 is 2.87 bits per heavy atom. The minimum absolute atomic E-state index is 0.360. The van der Waals surface area contributed by atoms with Crippen LogP contribution in [0.1, 0.15) is 25.3 Å². The third kappa shape index (κ3) is 1.89. The summed E-state index contributed by atoms with van der Waals surface area (Å²) in [6.45, 7) is 2.14. The van der Waals surface area contributed by atoms with Crippen LogP contribution in [0.3, 0.4) is 0 Å². The summed E-state index contributed by atoms with van der Waals surface area (Å²) < 4.78 is 0. The molecule has 0 amide bonds. The first kappa shape index (κ1) is 10.2. The zero-order valence-corrected chi connectivity index (χ0v) is 9.36. The number of hydrogen-bond acceptors (Lipinski definition) is 2. The topological polar surface area (TPSA) is 20.3 Å². The molecule has 1 aromatic rings. The zero-order chi connectivity index (χ0) is 10.8. The molecule has 0 radical (unpaired) electrons. The highest BCUT2D eigenvalue weighted by Crippen LogP contribution is 2.27. The molecule has 0 aliphatic carbocycles. The van der Waals surface area contributed by atoms with Crippen LogP contribution in [0.2, 0.25) is 0 Å². The fourth-order valence-corrected chi connectivity index (χ4v) is 2.30. The van der Waals surface area contributed by atoms with Gasteiger partial charge in [0.1, 0.15) is 5.78 Å². The molecule has 0 saturated heterocycles. The van der Waals surface area contributed by atoms with Gasteiger partial charge in [-0.1, -0.05) is 25.1 Å². The van der Waals surface area contributed by atoms with E-state index < -0.39 is 0 Å². The number of carbonyl (C=O) groups is 1. The normalized spacial score (nSPS) is 21.1. The van der Waals surface area contributed by atoms with Gasteiger partial charge in [0.25, 0.3) is 0 Å². The van der Waals surface area contributed by atoms with Gasteiger partial charge < -0.3 is 4.90 Å². The van der Waals surface area contributed by atoms with E-state index in [1.54, 1.807) is 0 Å². The van der Waals surface area contributed by atoms with Gasteiger partial charge in [0, 0.05) is 31.6 Å². The second-order valence-corrected chi connectivity index (χ2v) is 4.22. The number of hydrogen-bond donors (Lipinski definition) is 0. The lowest BCUT2D eigenvalue weighted by atomic mass is 10.1. The molecular formula is C13H17NO. The van der Waals surface area contributed by atoms with Gasteiger partial charge in [0.15, 0.2) is 0 Å². The molecule has 2 heteroatoms. The summed E-state index contributed by atoms with van der Waals surface area (Å²) in [7, 11) is 2.09. The highest BCUT2D eigenvalue weighted by Gasteiger charge is 2.23. The number of anilines is 1. The lowest BCUT2D eigenvalue weighted by molar-refractivity contribution is -0.118. The van der Waals surface area contributed by atoms with E-state index in [4.69, 9.17) is 0 Å². The van der Waals surface area contributed by atoms with Crippen LogP contribution >= 0.6 is 0 Å². The predicted molar refractivity (Wildman–Crippen MR) is 62.3 cm³/mol. The molecule has 0 aromatic heterocycles.